The lowest BCUT2D eigenvalue weighted by Crippen LogP contribution is -2.20. The van der Waals surface area contributed by atoms with Gasteiger partial charge in [-0.05, 0) is 12.8 Å². The second kappa shape index (κ2) is 6.33. The molecule has 0 N–H and O–H groups in total. The van der Waals surface area contributed by atoms with Crippen molar-refractivity contribution in [3.63, 3.8) is 0 Å². The van der Waals surface area contributed by atoms with Gasteiger partial charge in [0.2, 0.25) is 0 Å². The van der Waals surface area contributed by atoms with Gasteiger partial charge in [-0.25, -0.2) is 4.79 Å². The smallest absolute Gasteiger partial charge is 0.334 e. The maximum absolute atomic E-state index is 10.9. The van der Waals surface area contributed by atoms with Crippen LogP contribution in [0, 0.1) is 10.8 Å². The van der Waals surface area contributed by atoms with Crippen molar-refractivity contribution >= 4 is 28.6 Å². The van der Waals surface area contributed by atoms with Crippen molar-refractivity contribution < 1.29 is 9.53 Å². The molecule has 0 rings (SSSR count). The van der Waals surface area contributed by atoms with Gasteiger partial charge in [0.05, 0.1) is 6.61 Å². The number of carbonyl (C=O) groups excluding carboxylic acids is 1. The van der Waals surface area contributed by atoms with Gasteiger partial charge in [0.1, 0.15) is 0 Å². The number of nitrogens with zero attached hydrogens (tertiary/aromatic N) is 1. The highest BCUT2D eigenvalue weighted by Gasteiger charge is 2.15. The topological polar surface area (TPSA) is 55.7 Å². The minimum Gasteiger partial charge on any atom is -0.464 e. The summed E-state index contributed by atoms with van der Waals surface area (Å²) in [6.07, 6.45) is 0. The van der Waals surface area contributed by atoms with Crippen LogP contribution in [-0.2, 0) is 9.53 Å². The molecule has 0 aromatic heterocycles. The van der Waals surface area contributed by atoms with Crippen molar-refractivity contribution in [3.8, 4) is 0 Å². The van der Waals surface area contributed by atoms with Crippen LogP contribution in [0.1, 0.15) is 13.8 Å². The summed E-state index contributed by atoms with van der Waals surface area (Å²) < 4.78 is 5.73. The van der Waals surface area contributed by atoms with Crippen molar-refractivity contribution in [2.45, 2.75) is 19.9 Å². The van der Waals surface area contributed by atoms with Gasteiger partial charge in [0.15, 0.2) is 6.04 Å². The Labute approximate surface area is 85.2 Å². The molecule has 0 aliphatic carbocycles. The molecule has 4 nitrogen and oxygen atoms in total. The summed E-state index contributed by atoms with van der Waals surface area (Å²) in [5.41, 5.74) is 0. The molecule has 0 saturated carbocycles. The summed E-state index contributed by atoms with van der Waals surface area (Å²) in [5.74, 6) is -0.213. The minimum absolute atomic E-state index is 0.327. The molecule has 0 fully saturated rings. The van der Waals surface area contributed by atoms with Crippen molar-refractivity contribution in [2.75, 3.05) is 11.0 Å². The third kappa shape index (κ3) is 4.63. The second-order valence-corrected chi connectivity index (χ2v) is 3.55. The number of esters is 1. The Morgan fingerprint density at radius 1 is 1.58 bits per heavy atom. The van der Waals surface area contributed by atoms with Crippen LogP contribution < -0.4 is 0 Å². The molecule has 5 heteroatoms. The first-order valence-electron chi connectivity index (χ1n) is 3.66. The predicted octanol–water partition coefficient (Wildman–Crippen LogP) is 1.76. The molecule has 0 heterocycles. The van der Waals surface area contributed by atoms with Gasteiger partial charge >= 0.3 is 5.97 Å². The normalized spacial score (nSPS) is 14.9. The number of halogens is 1. The Kier molecular flexibility index (Phi) is 6.23. The number of nitroso groups, excluding NO2 is 1. The van der Waals surface area contributed by atoms with Gasteiger partial charge in [-0.1, -0.05) is 34.7 Å². The number of hydrogen-bond acceptors (Lipinski definition) is 4. The first-order chi connectivity index (χ1) is 5.61. The number of rotatable bonds is 5. The van der Waals surface area contributed by atoms with Gasteiger partial charge in [-0.3, -0.25) is 0 Å². The quantitative estimate of drug-likeness (QED) is 0.335. The van der Waals surface area contributed by atoms with Gasteiger partial charge in [0.25, 0.3) is 0 Å². The van der Waals surface area contributed by atoms with Gasteiger partial charge < -0.3 is 4.74 Å². The molecule has 0 aromatic carbocycles. The molecule has 0 radical (unpaired) electrons. The van der Waals surface area contributed by atoms with E-state index in [2.05, 4.69) is 27.8 Å². The lowest BCUT2D eigenvalue weighted by Gasteiger charge is -2.09. The maximum atomic E-state index is 10.9. The van der Waals surface area contributed by atoms with Gasteiger partial charge in [-0.2, -0.15) is 0 Å². The first kappa shape index (κ1) is 11.8. The zero-order valence-electron chi connectivity index (χ0n) is 7.12. The SMILES string of the molecule is CC(CI)COC(=O)[C@H](C)N=O. The monoisotopic (exact) mass is 285 g/mol. The number of ether oxygens (including phenoxy) is 1. The summed E-state index contributed by atoms with van der Waals surface area (Å²) in [6, 6.07) is -0.883. The van der Waals surface area contributed by atoms with Crippen LogP contribution in [0.4, 0.5) is 0 Å². The molecule has 0 aromatic rings. The predicted molar refractivity (Wildman–Crippen MR) is 54.3 cm³/mol. The van der Waals surface area contributed by atoms with Crippen molar-refractivity contribution in [1.82, 2.24) is 0 Å². The molecule has 0 bridgehead atoms. The molecule has 0 saturated heterocycles. The van der Waals surface area contributed by atoms with Crippen LogP contribution >= 0.6 is 22.6 Å². The average molecular weight is 285 g/mol. The van der Waals surface area contributed by atoms with Crippen LogP contribution in [-0.4, -0.2) is 23.0 Å². The molecular formula is C7H12INO3. The van der Waals surface area contributed by atoms with E-state index in [0.29, 0.717) is 12.5 Å². The Hall–Kier alpha value is -0.200. The van der Waals surface area contributed by atoms with E-state index in [-0.39, 0.29) is 0 Å². The minimum atomic E-state index is -0.883. The van der Waals surface area contributed by atoms with E-state index in [0.717, 1.165) is 4.43 Å². The zero-order chi connectivity index (χ0) is 9.56. The third-order valence-corrected chi connectivity index (χ3v) is 2.78. The van der Waals surface area contributed by atoms with Crippen LogP contribution in [0.25, 0.3) is 0 Å². The van der Waals surface area contributed by atoms with Crippen LogP contribution in [0.2, 0.25) is 0 Å². The number of alkyl halides is 1. The standard InChI is InChI=1S/C7H12INO3/c1-5(3-8)4-12-7(10)6(2)9-11/h5-6H,3-4H2,1-2H3/t5?,6-/m0/s1. The van der Waals surface area contributed by atoms with E-state index < -0.39 is 12.0 Å². The Bertz CT molecular complexity index is 163. The van der Waals surface area contributed by atoms with Gasteiger partial charge in [0, 0.05) is 4.43 Å². The van der Waals surface area contributed by atoms with E-state index in [9.17, 15) is 9.70 Å². The third-order valence-electron chi connectivity index (χ3n) is 1.27. The lowest BCUT2D eigenvalue weighted by atomic mass is 10.2. The van der Waals surface area contributed by atoms with E-state index in [1.807, 2.05) is 6.92 Å². The van der Waals surface area contributed by atoms with Crippen LogP contribution in [0.15, 0.2) is 5.18 Å². The molecule has 12 heavy (non-hydrogen) atoms. The Balaban J connectivity index is 3.63. The fourth-order valence-electron chi connectivity index (χ4n) is 0.433. The summed E-state index contributed by atoms with van der Waals surface area (Å²) in [4.78, 5) is 20.8. The fourth-order valence-corrected chi connectivity index (χ4v) is 0.687. The zero-order valence-corrected chi connectivity index (χ0v) is 9.28. The Morgan fingerprint density at radius 3 is 2.58 bits per heavy atom. The molecule has 0 aliphatic heterocycles. The number of carbonyl (C=O) groups is 1. The summed E-state index contributed by atoms with van der Waals surface area (Å²) in [5, 5.41) is 2.57. The molecular weight excluding hydrogens is 273 g/mol. The van der Waals surface area contributed by atoms with Crippen molar-refractivity contribution in [2.24, 2.45) is 11.1 Å². The molecule has 2 atom stereocenters. The lowest BCUT2D eigenvalue weighted by molar-refractivity contribution is -0.145. The van der Waals surface area contributed by atoms with E-state index in [1.165, 1.54) is 6.92 Å². The van der Waals surface area contributed by atoms with Gasteiger partial charge in [-0.15, -0.1) is 4.91 Å². The molecule has 0 amide bonds. The van der Waals surface area contributed by atoms with E-state index in [4.69, 9.17) is 4.74 Å². The van der Waals surface area contributed by atoms with Crippen LogP contribution in [0.3, 0.4) is 0 Å². The highest BCUT2D eigenvalue weighted by Crippen LogP contribution is 2.02. The van der Waals surface area contributed by atoms with E-state index in [1.54, 1.807) is 0 Å². The molecule has 0 aliphatic rings. The molecule has 1 unspecified atom stereocenters. The molecule has 70 valence electrons. The largest absolute Gasteiger partial charge is 0.464 e. The van der Waals surface area contributed by atoms with Crippen LogP contribution in [0.5, 0.6) is 0 Å². The fraction of sp³-hybridized carbons (Fsp3) is 0.857. The summed E-state index contributed by atoms with van der Waals surface area (Å²) >= 11 is 2.21. The highest BCUT2D eigenvalue weighted by molar-refractivity contribution is 14.1. The van der Waals surface area contributed by atoms with Crippen molar-refractivity contribution in [3.05, 3.63) is 4.91 Å². The number of hydrogen-bond donors (Lipinski definition) is 0. The maximum Gasteiger partial charge on any atom is 0.334 e. The summed E-state index contributed by atoms with van der Waals surface area (Å²) in [7, 11) is 0. The Morgan fingerprint density at radius 2 is 2.17 bits per heavy atom. The first-order valence-corrected chi connectivity index (χ1v) is 5.19. The second-order valence-electron chi connectivity index (χ2n) is 2.67. The highest BCUT2D eigenvalue weighted by atomic mass is 127. The summed E-state index contributed by atoms with van der Waals surface area (Å²) in [6.45, 7) is 3.75. The van der Waals surface area contributed by atoms with E-state index >= 15 is 0 Å². The average Bonchev–Trinajstić information content (AvgIpc) is 2.11. The molecule has 0 spiro atoms. The van der Waals surface area contributed by atoms with Crippen molar-refractivity contribution in [1.29, 1.82) is 0 Å².